The summed E-state index contributed by atoms with van der Waals surface area (Å²) >= 11 is 6.04. The zero-order valence-electron chi connectivity index (χ0n) is 17.3. The van der Waals surface area contributed by atoms with Crippen LogP contribution >= 0.6 is 11.6 Å². The number of aryl methyl sites for hydroxylation is 1. The van der Waals surface area contributed by atoms with Gasteiger partial charge in [-0.3, -0.25) is 14.5 Å². The maximum Gasteiger partial charge on any atom is 0.241 e. The van der Waals surface area contributed by atoms with E-state index in [2.05, 4.69) is 10.6 Å². The molecular weight excluding hydrogens is 390 g/mol. The van der Waals surface area contributed by atoms with Crippen molar-refractivity contribution in [1.82, 2.24) is 4.90 Å². The van der Waals surface area contributed by atoms with Gasteiger partial charge >= 0.3 is 0 Å². The van der Waals surface area contributed by atoms with Crippen molar-refractivity contribution in [3.63, 3.8) is 0 Å². The van der Waals surface area contributed by atoms with Crippen LogP contribution in [0.1, 0.15) is 25.8 Å². The number of hydrogen-bond donors (Lipinski definition) is 2. The number of methoxy groups -OCH3 is 1. The van der Waals surface area contributed by atoms with E-state index in [9.17, 15) is 9.59 Å². The number of ether oxygens (including phenoxy) is 1. The quantitative estimate of drug-likeness (QED) is 0.636. The van der Waals surface area contributed by atoms with Crippen LogP contribution in [0.5, 0.6) is 5.75 Å². The normalized spacial score (nSPS) is 11.8. The first-order chi connectivity index (χ1) is 13.8. The van der Waals surface area contributed by atoms with E-state index in [0.717, 1.165) is 17.7 Å². The smallest absolute Gasteiger partial charge is 0.241 e. The van der Waals surface area contributed by atoms with Crippen molar-refractivity contribution in [1.29, 1.82) is 0 Å². The van der Waals surface area contributed by atoms with Gasteiger partial charge in [0.1, 0.15) is 5.75 Å². The Morgan fingerprint density at radius 3 is 2.52 bits per heavy atom. The van der Waals surface area contributed by atoms with Crippen molar-refractivity contribution in [3.8, 4) is 5.75 Å². The van der Waals surface area contributed by atoms with Gasteiger partial charge in [0.15, 0.2) is 0 Å². The molecule has 2 rings (SSSR count). The molecule has 6 nitrogen and oxygen atoms in total. The van der Waals surface area contributed by atoms with Gasteiger partial charge in [0.25, 0.3) is 0 Å². The maximum absolute atomic E-state index is 12.8. The molecule has 0 saturated heterocycles. The second-order valence-corrected chi connectivity index (χ2v) is 7.28. The third-order valence-corrected chi connectivity index (χ3v) is 4.86. The molecule has 0 fully saturated rings. The zero-order valence-corrected chi connectivity index (χ0v) is 18.0. The van der Waals surface area contributed by atoms with Gasteiger partial charge in [-0.15, -0.1) is 0 Å². The number of rotatable bonds is 9. The number of para-hydroxylation sites is 1. The predicted octanol–water partition coefficient (Wildman–Crippen LogP) is 4.33. The standard InChI is InChI=1S/C22H28ClN3O3/c1-5-12-26(14-21(27)24-18-9-7-6-8-15(18)2)16(3)22(28)25-19-13-17(23)10-11-20(19)29-4/h6-11,13,16H,5,12,14H2,1-4H3,(H,24,27)(H,25,28). The van der Waals surface area contributed by atoms with Gasteiger partial charge in [-0.25, -0.2) is 0 Å². The van der Waals surface area contributed by atoms with Crippen LogP contribution < -0.4 is 15.4 Å². The maximum atomic E-state index is 12.8. The van der Waals surface area contributed by atoms with Crippen molar-refractivity contribution in [2.75, 3.05) is 30.8 Å². The summed E-state index contributed by atoms with van der Waals surface area (Å²) in [5.41, 5.74) is 2.26. The fourth-order valence-corrected chi connectivity index (χ4v) is 3.14. The molecule has 0 aromatic heterocycles. The van der Waals surface area contributed by atoms with Gasteiger partial charge < -0.3 is 15.4 Å². The molecule has 0 bridgehead atoms. The topological polar surface area (TPSA) is 70.7 Å². The first-order valence-corrected chi connectivity index (χ1v) is 9.97. The summed E-state index contributed by atoms with van der Waals surface area (Å²) in [6, 6.07) is 12.1. The van der Waals surface area contributed by atoms with Crippen LogP contribution in [0.4, 0.5) is 11.4 Å². The number of amides is 2. The monoisotopic (exact) mass is 417 g/mol. The summed E-state index contributed by atoms with van der Waals surface area (Å²) in [6.07, 6.45) is 0.815. The Labute approximate surface area is 177 Å². The number of carbonyl (C=O) groups excluding carboxylic acids is 2. The highest BCUT2D eigenvalue weighted by atomic mass is 35.5. The fraction of sp³-hybridized carbons (Fsp3) is 0.364. The number of anilines is 2. The molecule has 0 heterocycles. The van der Waals surface area contributed by atoms with Crippen LogP contribution in [0, 0.1) is 6.92 Å². The van der Waals surface area contributed by atoms with Gasteiger partial charge in [0.05, 0.1) is 25.4 Å². The molecule has 2 aromatic carbocycles. The van der Waals surface area contributed by atoms with E-state index in [1.54, 1.807) is 25.1 Å². The average Bonchev–Trinajstić information content (AvgIpc) is 2.69. The molecule has 0 aliphatic heterocycles. The van der Waals surface area contributed by atoms with E-state index < -0.39 is 6.04 Å². The van der Waals surface area contributed by atoms with Crippen LogP contribution in [0.2, 0.25) is 5.02 Å². The molecule has 2 amide bonds. The summed E-state index contributed by atoms with van der Waals surface area (Å²) < 4.78 is 5.28. The largest absolute Gasteiger partial charge is 0.495 e. The molecule has 1 unspecified atom stereocenters. The first-order valence-electron chi connectivity index (χ1n) is 9.59. The molecule has 156 valence electrons. The minimum atomic E-state index is -0.513. The molecule has 0 radical (unpaired) electrons. The Bertz CT molecular complexity index is 857. The minimum absolute atomic E-state index is 0.115. The summed E-state index contributed by atoms with van der Waals surface area (Å²) in [4.78, 5) is 27.2. The van der Waals surface area contributed by atoms with Crippen LogP contribution in [0.3, 0.4) is 0 Å². The highest BCUT2D eigenvalue weighted by molar-refractivity contribution is 6.31. The van der Waals surface area contributed by atoms with Gasteiger partial charge in [-0.05, 0) is 56.6 Å². The summed E-state index contributed by atoms with van der Waals surface area (Å²) in [5, 5.41) is 6.27. The highest BCUT2D eigenvalue weighted by Gasteiger charge is 2.24. The van der Waals surface area contributed by atoms with E-state index >= 15 is 0 Å². The average molecular weight is 418 g/mol. The molecule has 0 aliphatic carbocycles. The highest BCUT2D eigenvalue weighted by Crippen LogP contribution is 2.28. The van der Waals surface area contributed by atoms with E-state index in [-0.39, 0.29) is 18.4 Å². The lowest BCUT2D eigenvalue weighted by Gasteiger charge is -2.27. The third kappa shape index (κ3) is 6.48. The SMILES string of the molecule is CCCN(CC(=O)Nc1ccccc1C)C(C)C(=O)Nc1cc(Cl)ccc1OC. The Morgan fingerprint density at radius 2 is 1.86 bits per heavy atom. The molecule has 1 atom stereocenters. The van der Waals surface area contributed by atoms with Crippen molar-refractivity contribution in [2.45, 2.75) is 33.2 Å². The number of halogens is 1. The molecule has 7 heteroatoms. The van der Waals surface area contributed by atoms with Crippen molar-refractivity contribution < 1.29 is 14.3 Å². The molecule has 0 spiro atoms. The van der Waals surface area contributed by atoms with Crippen molar-refractivity contribution >= 4 is 34.8 Å². The van der Waals surface area contributed by atoms with Gasteiger partial charge in [0.2, 0.25) is 11.8 Å². The Morgan fingerprint density at radius 1 is 1.14 bits per heavy atom. The van der Waals surface area contributed by atoms with Gasteiger partial charge in [-0.1, -0.05) is 36.7 Å². The van der Waals surface area contributed by atoms with Gasteiger partial charge in [-0.2, -0.15) is 0 Å². The summed E-state index contributed by atoms with van der Waals surface area (Å²) in [6.45, 7) is 6.46. The molecule has 0 aliphatic rings. The molecule has 29 heavy (non-hydrogen) atoms. The predicted molar refractivity (Wildman–Crippen MR) is 118 cm³/mol. The Kier molecular flexibility index (Phi) is 8.49. The van der Waals surface area contributed by atoms with Crippen LogP contribution in [0.15, 0.2) is 42.5 Å². The summed E-state index contributed by atoms with van der Waals surface area (Å²) in [5.74, 6) is 0.129. The third-order valence-electron chi connectivity index (χ3n) is 4.62. The number of nitrogens with zero attached hydrogens (tertiary/aromatic N) is 1. The second-order valence-electron chi connectivity index (χ2n) is 6.84. The number of hydrogen-bond acceptors (Lipinski definition) is 4. The fourth-order valence-electron chi connectivity index (χ4n) is 2.97. The van der Waals surface area contributed by atoms with E-state index in [1.165, 1.54) is 7.11 Å². The lowest BCUT2D eigenvalue weighted by molar-refractivity contribution is -0.123. The van der Waals surface area contributed by atoms with Crippen molar-refractivity contribution in [3.05, 3.63) is 53.1 Å². The molecular formula is C22H28ClN3O3. The van der Waals surface area contributed by atoms with E-state index in [4.69, 9.17) is 16.3 Å². The minimum Gasteiger partial charge on any atom is -0.495 e. The van der Waals surface area contributed by atoms with E-state index in [0.29, 0.717) is 23.0 Å². The second kappa shape index (κ2) is 10.8. The van der Waals surface area contributed by atoms with E-state index in [1.807, 2.05) is 43.0 Å². The van der Waals surface area contributed by atoms with Crippen LogP contribution in [0.25, 0.3) is 0 Å². The Balaban J connectivity index is 2.07. The van der Waals surface area contributed by atoms with Crippen molar-refractivity contribution in [2.24, 2.45) is 0 Å². The first kappa shape index (κ1) is 22.7. The van der Waals surface area contributed by atoms with Crippen LogP contribution in [-0.2, 0) is 9.59 Å². The number of carbonyl (C=O) groups is 2. The van der Waals surface area contributed by atoms with Crippen LogP contribution in [-0.4, -0.2) is 43.0 Å². The number of nitrogens with one attached hydrogen (secondary N) is 2. The number of benzene rings is 2. The lowest BCUT2D eigenvalue weighted by atomic mass is 10.2. The summed E-state index contributed by atoms with van der Waals surface area (Å²) in [7, 11) is 1.53. The van der Waals surface area contributed by atoms with Gasteiger partial charge in [0, 0.05) is 10.7 Å². The molecule has 2 aromatic rings. The Hall–Kier alpha value is -2.57. The molecule has 2 N–H and O–H groups in total. The zero-order chi connectivity index (χ0) is 21.4. The molecule has 0 saturated carbocycles. The lowest BCUT2D eigenvalue weighted by Crippen LogP contribution is -2.46.